The van der Waals surface area contributed by atoms with E-state index >= 15 is 0 Å². The predicted molar refractivity (Wildman–Crippen MR) is 101 cm³/mol. The first-order valence-corrected chi connectivity index (χ1v) is 9.08. The number of hydrogen-bond acceptors (Lipinski definition) is 5. The van der Waals surface area contributed by atoms with E-state index in [1.807, 2.05) is 0 Å². The Kier molecular flexibility index (Phi) is 5.21. The van der Waals surface area contributed by atoms with Crippen molar-refractivity contribution in [2.24, 2.45) is 0 Å². The highest BCUT2D eigenvalue weighted by Crippen LogP contribution is 2.31. The van der Waals surface area contributed by atoms with Crippen LogP contribution in [0.3, 0.4) is 0 Å². The first-order valence-electron chi connectivity index (χ1n) is 8.70. The van der Waals surface area contributed by atoms with Crippen LogP contribution >= 0.6 is 11.6 Å². The Balaban J connectivity index is 1.47. The summed E-state index contributed by atoms with van der Waals surface area (Å²) < 4.78 is 51.3. The number of benzene rings is 2. The Hall–Kier alpha value is -3.33. The van der Waals surface area contributed by atoms with Gasteiger partial charge in [-0.25, -0.2) is 9.97 Å². The van der Waals surface area contributed by atoms with E-state index in [0.29, 0.717) is 10.8 Å². The molecule has 2 aromatic carbocycles. The molecule has 2 aromatic heterocycles. The highest BCUT2D eigenvalue weighted by molar-refractivity contribution is 6.30. The summed E-state index contributed by atoms with van der Waals surface area (Å²) in [7, 11) is 0. The number of alkyl halides is 3. The molecule has 0 aliphatic rings. The van der Waals surface area contributed by atoms with Gasteiger partial charge in [-0.1, -0.05) is 23.7 Å². The number of imidazole rings is 1. The van der Waals surface area contributed by atoms with Crippen molar-refractivity contribution < 1.29 is 27.1 Å². The average Bonchev–Trinajstić information content (AvgIpc) is 3.32. The minimum absolute atomic E-state index is 0.111. The van der Waals surface area contributed by atoms with Crippen LogP contribution in [-0.4, -0.2) is 20.5 Å². The largest absolute Gasteiger partial charge is 0.454 e. The third kappa shape index (κ3) is 4.16. The van der Waals surface area contributed by atoms with Gasteiger partial charge in [0.1, 0.15) is 6.54 Å². The van der Waals surface area contributed by atoms with Gasteiger partial charge in [0.2, 0.25) is 11.7 Å². The summed E-state index contributed by atoms with van der Waals surface area (Å²) in [6.07, 6.45) is -3.26. The highest BCUT2D eigenvalue weighted by atomic mass is 35.5. The Labute approximate surface area is 172 Å². The fourth-order valence-electron chi connectivity index (χ4n) is 2.89. The van der Waals surface area contributed by atoms with Gasteiger partial charge in [-0.2, -0.15) is 13.2 Å². The van der Waals surface area contributed by atoms with E-state index in [1.54, 1.807) is 36.4 Å². The summed E-state index contributed by atoms with van der Waals surface area (Å²) in [4.78, 5) is 19.8. The van der Waals surface area contributed by atoms with Crippen molar-refractivity contribution in [3.63, 3.8) is 0 Å². The zero-order valence-corrected chi connectivity index (χ0v) is 15.9. The Morgan fingerprint density at radius 1 is 1.13 bits per heavy atom. The summed E-state index contributed by atoms with van der Waals surface area (Å²) in [6, 6.07) is 12.9. The van der Waals surface area contributed by atoms with E-state index in [-0.39, 0.29) is 23.5 Å². The molecule has 0 radical (unpaired) electrons. The van der Waals surface area contributed by atoms with Crippen molar-refractivity contribution in [2.75, 3.05) is 0 Å². The lowest BCUT2D eigenvalue weighted by Gasteiger charge is -2.10. The molecule has 0 atom stereocenters. The number of carbonyl (C=O) groups excluding carboxylic acids is 1. The standard InChI is InChI=1S/C20H13ClF3N3O3/c21-13-7-5-12(6-8-13)16-9-25-17(30-16)11-29-18(28)10-27-15-4-2-1-3-14(15)26-19(27)20(22,23)24/h1-9H,10-11H2. The van der Waals surface area contributed by atoms with Crippen LogP contribution in [0.5, 0.6) is 0 Å². The highest BCUT2D eigenvalue weighted by Gasteiger charge is 2.38. The molecule has 0 fully saturated rings. The smallest absolute Gasteiger partial charge is 0.449 e. The molecular weight excluding hydrogens is 423 g/mol. The molecule has 0 bridgehead atoms. The molecule has 10 heteroatoms. The van der Waals surface area contributed by atoms with E-state index in [4.69, 9.17) is 20.8 Å². The molecule has 0 unspecified atom stereocenters. The summed E-state index contributed by atoms with van der Waals surface area (Å²) >= 11 is 5.84. The lowest BCUT2D eigenvalue weighted by molar-refractivity contribution is -0.151. The van der Waals surface area contributed by atoms with Gasteiger partial charge >= 0.3 is 12.1 Å². The van der Waals surface area contributed by atoms with Crippen LogP contribution in [0, 0.1) is 0 Å². The minimum atomic E-state index is -4.71. The number of carbonyl (C=O) groups is 1. The fourth-order valence-corrected chi connectivity index (χ4v) is 3.02. The summed E-state index contributed by atoms with van der Waals surface area (Å²) in [5, 5.41) is 0.567. The monoisotopic (exact) mass is 435 g/mol. The van der Waals surface area contributed by atoms with E-state index < -0.39 is 24.5 Å². The molecule has 0 N–H and O–H groups in total. The first-order chi connectivity index (χ1) is 14.3. The number of nitrogens with zero attached hydrogens (tertiary/aromatic N) is 3. The van der Waals surface area contributed by atoms with Gasteiger partial charge < -0.3 is 13.7 Å². The SMILES string of the molecule is O=C(Cn1c(C(F)(F)F)nc2ccccc21)OCc1ncc(-c2ccc(Cl)cc2)o1. The van der Waals surface area contributed by atoms with E-state index in [2.05, 4.69) is 9.97 Å². The van der Waals surface area contributed by atoms with E-state index in [1.165, 1.54) is 18.3 Å². The topological polar surface area (TPSA) is 70.2 Å². The predicted octanol–water partition coefficient (Wildman–Crippen LogP) is 5.11. The zero-order chi connectivity index (χ0) is 21.3. The number of oxazole rings is 1. The second kappa shape index (κ2) is 7.83. The van der Waals surface area contributed by atoms with Gasteiger partial charge in [0.15, 0.2) is 12.4 Å². The number of rotatable bonds is 5. The molecule has 154 valence electrons. The molecular formula is C20H13ClF3N3O3. The van der Waals surface area contributed by atoms with E-state index in [0.717, 1.165) is 10.1 Å². The summed E-state index contributed by atoms with van der Waals surface area (Å²) in [5.74, 6) is -1.49. The van der Waals surface area contributed by atoms with Crippen LogP contribution in [0.25, 0.3) is 22.4 Å². The third-order valence-corrected chi connectivity index (χ3v) is 4.49. The van der Waals surface area contributed by atoms with Crippen LogP contribution in [0.2, 0.25) is 5.02 Å². The van der Waals surface area contributed by atoms with Gasteiger partial charge in [0, 0.05) is 10.6 Å². The Morgan fingerprint density at radius 3 is 2.60 bits per heavy atom. The summed E-state index contributed by atoms with van der Waals surface area (Å²) in [5.41, 5.74) is 1.05. The Bertz CT molecular complexity index is 1200. The maximum atomic E-state index is 13.3. The second-order valence-corrected chi connectivity index (χ2v) is 6.73. The van der Waals surface area contributed by atoms with Gasteiger partial charge in [-0.05, 0) is 36.4 Å². The number of hydrogen-bond donors (Lipinski definition) is 0. The van der Waals surface area contributed by atoms with Crippen molar-refractivity contribution in [2.45, 2.75) is 19.3 Å². The van der Waals surface area contributed by atoms with Crippen molar-refractivity contribution in [3.8, 4) is 11.3 Å². The maximum absolute atomic E-state index is 13.3. The molecule has 6 nitrogen and oxygen atoms in total. The van der Waals surface area contributed by atoms with Crippen molar-refractivity contribution in [1.29, 1.82) is 0 Å². The van der Waals surface area contributed by atoms with Crippen molar-refractivity contribution in [1.82, 2.24) is 14.5 Å². The molecule has 0 amide bonds. The molecule has 0 spiro atoms. The molecule has 0 saturated heterocycles. The fraction of sp³-hybridized carbons (Fsp3) is 0.150. The quantitative estimate of drug-likeness (QED) is 0.407. The van der Waals surface area contributed by atoms with E-state index in [9.17, 15) is 18.0 Å². The van der Waals surface area contributed by atoms with Crippen LogP contribution in [-0.2, 0) is 28.9 Å². The van der Waals surface area contributed by atoms with Gasteiger partial charge in [0.05, 0.1) is 17.2 Å². The van der Waals surface area contributed by atoms with Gasteiger partial charge in [-0.15, -0.1) is 0 Å². The lowest BCUT2D eigenvalue weighted by Crippen LogP contribution is -2.20. The molecule has 0 saturated carbocycles. The van der Waals surface area contributed by atoms with Gasteiger partial charge in [0.25, 0.3) is 0 Å². The number of para-hydroxylation sites is 2. The number of esters is 1. The normalized spacial score (nSPS) is 11.7. The second-order valence-electron chi connectivity index (χ2n) is 6.29. The van der Waals surface area contributed by atoms with Crippen LogP contribution in [0.15, 0.2) is 59.1 Å². The molecule has 30 heavy (non-hydrogen) atoms. The summed E-state index contributed by atoms with van der Waals surface area (Å²) in [6.45, 7) is -0.972. The maximum Gasteiger partial charge on any atom is 0.449 e. The minimum Gasteiger partial charge on any atom is -0.454 e. The molecule has 2 heterocycles. The number of fused-ring (bicyclic) bond motifs is 1. The molecule has 4 aromatic rings. The van der Waals surface area contributed by atoms with Crippen LogP contribution in [0.1, 0.15) is 11.7 Å². The molecule has 4 rings (SSSR count). The third-order valence-electron chi connectivity index (χ3n) is 4.23. The molecule has 0 aliphatic carbocycles. The zero-order valence-electron chi connectivity index (χ0n) is 15.2. The number of ether oxygens (including phenoxy) is 1. The Morgan fingerprint density at radius 2 is 1.87 bits per heavy atom. The lowest BCUT2D eigenvalue weighted by atomic mass is 10.2. The number of aromatic nitrogens is 3. The number of halogens is 4. The van der Waals surface area contributed by atoms with Crippen LogP contribution < -0.4 is 0 Å². The van der Waals surface area contributed by atoms with Gasteiger partial charge in [-0.3, -0.25) is 4.79 Å². The first kappa shape index (κ1) is 20.0. The average molecular weight is 436 g/mol. The molecule has 0 aliphatic heterocycles. The van der Waals surface area contributed by atoms with Crippen molar-refractivity contribution in [3.05, 3.63) is 71.5 Å². The van der Waals surface area contributed by atoms with Crippen LogP contribution in [0.4, 0.5) is 13.2 Å². The van der Waals surface area contributed by atoms with Crippen molar-refractivity contribution >= 4 is 28.6 Å².